The molecule has 1 heterocycles. The van der Waals surface area contributed by atoms with Gasteiger partial charge in [-0.15, -0.1) is 10.2 Å². The van der Waals surface area contributed by atoms with Gasteiger partial charge >= 0.3 is 0 Å². The highest BCUT2D eigenvalue weighted by molar-refractivity contribution is 7.85. The summed E-state index contributed by atoms with van der Waals surface area (Å²) in [5.41, 5.74) is 1.96. The van der Waals surface area contributed by atoms with Crippen molar-refractivity contribution in [2.24, 2.45) is 0 Å². The molecule has 0 saturated carbocycles. The first-order valence-corrected chi connectivity index (χ1v) is 7.10. The Balaban J connectivity index is 2.04. The van der Waals surface area contributed by atoms with E-state index in [2.05, 4.69) is 10.2 Å². The fourth-order valence-corrected chi connectivity index (χ4v) is 2.81. The summed E-state index contributed by atoms with van der Waals surface area (Å²) >= 11 is 0. The Morgan fingerprint density at radius 2 is 1.68 bits per heavy atom. The van der Waals surface area contributed by atoms with Crippen molar-refractivity contribution in [1.29, 1.82) is 0 Å². The minimum atomic E-state index is -1.28. The van der Waals surface area contributed by atoms with E-state index in [0.717, 1.165) is 21.4 Å². The van der Waals surface area contributed by atoms with Crippen molar-refractivity contribution in [2.45, 2.75) is 16.8 Å². The number of aryl methyl sites for hydroxylation is 1. The van der Waals surface area contributed by atoms with E-state index in [1.54, 1.807) is 0 Å². The van der Waals surface area contributed by atoms with Gasteiger partial charge in [0, 0.05) is 10.3 Å². The molecular weight excluding hydrogens is 256 g/mol. The number of aromatic nitrogens is 2. The van der Waals surface area contributed by atoms with Crippen LogP contribution >= 0.6 is 0 Å². The minimum Gasteiger partial charge on any atom is -0.247 e. The van der Waals surface area contributed by atoms with Gasteiger partial charge in [-0.1, -0.05) is 35.9 Å². The molecule has 0 aliphatic carbocycles. The SMILES string of the molecule is Cc1ccc(S(=O)c2cc3ccccc3nn2)cc1. The van der Waals surface area contributed by atoms with Crippen LogP contribution in [-0.2, 0) is 10.8 Å². The summed E-state index contributed by atoms with van der Waals surface area (Å²) in [6.07, 6.45) is 0. The number of hydrogen-bond acceptors (Lipinski definition) is 3. The highest BCUT2D eigenvalue weighted by Gasteiger charge is 2.10. The van der Waals surface area contributed by atoms with Gasteiger partial charge in [0.15, 0.2) is 5.03 Å². The highest BCUT2D eigenvalue weighted by atomic mass is 32.2. The van der Waals surface area contributed by atoms with E-state index < -0.39 is 10.8 Å². The summed E-state index contributed by atoms with van der Waals surface area (Å²) in [7, 11) is -1.28. The maximum atomic E-state index is 12.4. The van der Waals surface area contributed by atoms with E-state index in [0.29, 0.717) is 5.03 Å². The molecule has 4 heteroatoms. The van der Waals surface area contributed by atoms with Crippen molar-refractivity contribution in [3.05, 3.63) is 60.2 Å². The quantitative estimate of drug-likeness (QED) is 0.717. The number of rotatable bonds is 2. The lowest BCUT2D eigenvalue weighted by atomic mass is 10.2. The number of fused-ring (bicyclic) bond motifs is 1. The molecule has 3 aromatic rings. The van der Waals surface area contributed by atoms with Crippen LogP contribution in [0.3, 0.4) is 0 Å². The van der Waals surface area contributed by atoms with Crippen molar-refractivity contribution < 1.29 is 4.21 Å². The summed E-state index contributed by atoms with van der Waals surface area (Å²) in [4.78, 5) is 0.746. The van der Waals surface area contributed by atoms with Crippen molar-refractivity contribution in [3.63, 3.8) is 0 Å². The third-order valence-corrected chi connectivity index (χ3v) is 4.18. The topological polar surface area (TPSA) is 42.9 Å². The van der Waals surface area contributed by atoms with Crippen LogP contribution in [-0.4, -0.2) is 14.4 Å². The molecule has 94 valence electrons. The maximum Gasteiger partial charge on any atom is 0.155 e. The Morgan fingerprint density at radius 1 is 0.947 bits per heavy atom. The van der Waals surface area contributed by atoms with Crippen LogP contribution < -0.4 is 0 Å². The average molecular weight is 268 g/mol. The molecule has 0 amide bonds. The van der Waals surface area contributed by atoms with Crippen LogP contribution in [0.4, 0.5) is 0 Å². The van der Waals surface area contributed by atoms with Gasteiger partial charge in [-0.25, -0.2) is 4.21 Å². The molecule has 3 nitrogen and oxygen atoms in total. The van der Waals surface area contributed by atoms with Crippen LogP contribution in [0.2, 0.25) is 0 Å². The lowest BCUT2D eigenvalue weighted by molar-refractivity contribution is 0.678. The zero-order valence-corrected chi connectivity index (χ0v) is 11.2. The predicted octanol–water partition coefficient (Wildman–Crippen LogP) is 3.10. The van der Waals surface area contributed by atoms with E-state index in [9.17, 15) is 4.21 Å². The zero-order valence-electron chi connectivity index (χ0n) is 10.4. The van der Waals surface area contributed by atoms with E-state index in [-0.39, 0.29) is 0 Å². The second kappa shape index (κ2) is 4.90. The molecule has 19 heavy (non-hydrogen) atoms. The Hall–Kier alpha value is -2.07. The number of benzene rings is 2. The lowest BCUT2D eigenvalue weighted by Gasteiger charge is -2.03. The van der Waals surface area contributed by atoms with Gasteiger partial charge in [-0.3, -0.25) is 0 Å². The monoisotopic (exact) mass is 268 g/mol. The average Bonchev–Trinajstić information content (AvgIpc) is 2.47. The summed E-state index contributed by atoms with van der Waals surface area (Å²) < 4.78 is 12.4. The van der Waals surface area contributed by atoms with Crippen LogP contribution in [0.15, 0.2) is 64.5 Å². The third-order valence-electron chi connectivity index (χ3n) is 2.90. The van der Waals surface area contributed by atoms with E-state index in [1.165, 1.54) is 0 Å². The fraction of sp³-hybridized carbons (Fsp3) is 0.0667. The Morgan fingerprint density at radius 3 is 2.47 bits per heavy atom. The van der Waals surface area contributed by atoms with Crippen molar-refractivity contribution in [1.82, 2.24) is 10.2 Å². The Kier molecular flexibility index (Phi) is 3.09. The number of nitrogens with zero attached hydrogens (tertiary/aromatic N) is 2. The molecule has 0 aliphatic heterocycles. The Bertz CT molecular complexity index is 753. The van der Waals surface area contributed by atoms with E-state index in [1.807, 2.05) is 61.5 Å². The molecule has 0 aliphatic rings. The van der Waals surface area contributed by atoms with Crippen LogP contribution in [0.1, 0.15) is 5.56 Å². The summed E-state index contributed by atoms with van der Waals surface area (Å²) in [6, 6.07) is 17.1. The minimum absolute atomic E-state index is 0.488. The third kappa shape index (κ3) is 2.39. The molecule has 0 N–H and O–H groups in total. The summed E-state index contributed by atoms with van der Waals surface area (Å²) in [5, 5.41) is 9.60. The number of hydrogen-bond donors (Lipinski definition) is 0. The van der Waals surface area contributed by atoms with Gasteiger partial charge in [0.2, 0.25) is 0 Å². The molecule has 0 spiro atoms. The van der Waals surface area contributed by atoms with Gasteiger partial charge in [0.1, 0.15) is 10.8 Å². The van der Waals surface area contributed by atoms with Crippen molar-refractivity contribution in [3.8, 4) is 0 Å². The largest absolute Gasteiger partial charge is 0.247 e. The second-order valence-corrected chi connectivity index (χ2v) is 5.75. The molecule has 1 atom stereocenters. The molecule has 0 bridgehead atoms. The second-order valence-electron chi connectivity index (χ2n) is 4.32. The molecule has 3 rings (SSSR count). The van der Waals surface area contributed by atoms with Crippen LogP contribution in [0.25, 0.3) is 10.9 Å². The lowest BCUT2D eigenvalue weighted by Crippen LogP contribution is -1.98. The molecule has 2 aromatic carbocycles. The summed E-state index contributed by atoms with van der Waals surface area (Å²) in [5.74, 6) is 0. The van der Waals surface area contributed by atoms with Gasteiger partial charge in [0.05, 0.1) is 5.52 Å². The molecule has 1 unspecified atom stereocenters. The molecular formula is C15H12N2OS. The Labute approximate surface area is 113 Å². The molecule has 0 saturated heterocycles. The molecule has 0 fully saturated rings. The molecule has 0 radical (unpaired) electrons. The van der Waals surface area contributed by atoms with Gasteiger partial charge < -0.3 is 0 Å². The normalized spacial score (nSPS) is 12.5. The van der Waals surface area contributed by atoms with Crippen molar-refractivity contribution >= 4 is 21.7 Å². The standard InChI is InChI=1S/C15H12N2OS/c1-11-6-8-13(9-7-11)19(18)15-10-12-4-2-3-5-14(12)16-17-15/h2-10H,1H3. The first-order chi connectivity index (χ1) is 9.24. The predicted molar refractivity (Wildman–Crippen MR) is 75.4 cm³/mol. The zero-order chi connectivity index (χ0) is 13.2. The fourth-order valence-electron chi connectivity index (χ4n) is 1.84. The molecule has 1 aromatic heterocycles. The van der Waals surface area contributed by atoms with Gasteiger partial charge in [-0.2, -0.15) is 0 Å². The van der Waals surface area contributed by atoms with E-state index in [4.69, 9.17) is 0 Å². The van der Waals surface area contributed by atoms with Gasteiger partial charge in [0.25, 0.3) is 0 Å². The smallest absolute Gasteiger partial charge is 0.155 e. The van der Waals surface area contributed by atoms with Gasteiger partial charge in [-0.05, 0) is 31.2 Å². The van der Waals surface area contributed by atoms with E-state index >= 15 is 0 Å². The first-order valence-electron chi connectivity index (χ1n) is 5.95. The highest BCUT2D eigenvalue weighted by Crippen LogP contribution is 2.18. The van der Waals surface area contributed by atoms with Crippen LogP contribution in [0, 0.1) is 6.92 Å². The van der Waals surface area contributed by atoms with Crippen molar-refractivity contribution in [2.75, 3.05) is 0 Å². The first kappa shape index (κ1) is 12.0. The summed E-state index contributed by atoms with van der Waals surface area (Å²) in [6.45, 7) is 2.00. The maximum absolute atomic E-state index is 12.4. The van der Waals surface area contributed by atoms with Crippen LogP contribution in [0.5, 0.6) is 0 Å².